The number of carbonyl (C=O) groups excluding carboxylic acids is 1. The van der Waals surface area contributed by atoms with Crippen molar-refractivity contribution in [1.82, 2.24) is 9.78 Å². The number of carbonyl (C=O) groups is 1. The Labute approximate surface area is 108 Å². The van der Waals surface area contributed by atoms with E-state index < -0.39 is 0 Å². The maximum atomic E-state index is 12.1. The highest BCUT2D eigenvalue weighted by Crippen LogP contribution is 2.30. The predicted octanol–water partition coefficient (Wildman–Crippen LogP) is 2.81. The van der Waals surface area contributed by atoms with Crippen LogP contribution in [0.5, 0.6) is 0 Å². The molecule has 2 aliphatic carbocycles. The van der Waals surface area contributed by atoms with Gasteiger partial charge in [0, 0.05) is 18.7 Å². The van der Waals surface area contributed by atoms with Gasteiger partial charge in [0.05, 0.1) is 11.9 Å². The van der Waals surface area contributed by atoms with E-state index in [4.69, 9.17) is 0 Å². The van der Waals surface area contributed by atoms with Crippen molar-refractivity contribution in [3.63, 3.8) is 0 Å². The third-order valence-electron chi connectivity index (χ3n) is 4.02. The summed E-state index contributed by atoms with van der Waals surface area (Å²) < 4.78 is 1.95. The molecule has 4 heteroatoms. The number of aromatic nitrogens is 2. The molecule has 1 amide bonds. The molecule has 1 aromatic rings. The van der Waals surface area contributed by atoms with Crippen molar-refractivity contribution in [2.45, 2.75) is 51.5 Å². The summed E-state index contributed by atoms with van der Waals surface area (Å²) in [6.07, 6.45) is 12.1. The van der Waals surface area contributed by atoms with E-state index >= 15 is 0 Å². The highest BCUT2D eigenvalue weighted by molar-refractivity contribution is 5.92. The first-order chi connectivity index (χ1) is 8.81. The molecule has 1 N–H and O–H groups in total. The van der Waals surface area contributed by atoms with E-state index in [1.54, 1.807) is 6.20 Å². The fourth-order valence-corrected chi connectivity index (χ4v) is 2.70. The average Bonchev–Trinajstić information content (AvgIpc) is 3.10. The minimum Gasteiger partial charge on any atom is -0.323 e. The highest BCUT2D eigenvalue weighted by Gasteiger charge is 2.23. The van der Waals surface area contributed by atoms with E-state index in [1.807, 2.05) is 10.9 Å². The molecule has 0 spiro atoms. The minimum atomic E-state index is 0.181. The summed E-state index contributed by atoms with van der Waals surface area (Å²) in [5, 5.41) is 7.30. The predicted molar refractivity (Wildman–Crippen MR) is 70.2 cm³/mol. The summed E-state index contributed by atoms with van der Waals surface area (Å²) in [5.74, 6) is 1.21. The first kappa shape index (κ1) is 11.8. The molecular formula is C14H21N3O. The van der Waals surface area contributed by atoms with Crippen LogP contribution in [0.3, 0.4) is 0 Å². The second-order valence-electron chi connectivity index (χ2n) is 5.72. The van der Waals surface area contributed by atoms with Gasteiger partial charge in [0.1, 0.15) is 0 Å². The minimum absolute atomic E-state index is 0.181. The normalized spacial score (nSPS) is 20.9. The highest BCUT2D eigenvalue weighted by atomic mass is 16.1. The topological polar surface area (TPSA) is 46.9 Å². The van der Waals surface area contributed by atoms with Gasteiger partial charge in [-0.15, -0.1) is 0 Å². The van der Waals surface area contributed by atoms with E-state index in [9.17, 15) is 4.79 Å². The summed E-state index contributed by atoms with van der Waals surface area (Å²) in [5.41, 5.74) is 0.853. The first-order valence-corrected chi connectivity index (χ1v) is 7.14. The fraction of sp³-hybridized carbons (Fsp3) is 0.714. The van der Waals surface area contributed by atoms with Gasteiger partial charge < -0.3 is 5.32 Å². The molecule has 0 atom stereocenters. The maximum Gasteiger partial charge on any atom is 0.227 e. The SMILES string of the molecule is O=C(Nc1cnn(CC2CC2)c1)C1CCCCC1. The van der Waals surface area contributed by atoms with Gasteiger partial charge in [-0.3, -0.25) is 9.48 Å². The Kier molecular flexibility index (Phi) is 3.35. The Bertz CT molecular complexity index is 416. The zero-order valence-electron chi connectivity index (χ0n) is 10.8. The van der Waals surface area contributed by atoms with Crippen LogP contribution in [-0.2, 0) is 11.3 Å². The number of nitrogens with zero attached hydrogens (tertiary/aromatic N) is 2. The molecular weight excluding hydrogens is 226 g/mol. The third kappa shape index (κ3) is 2.92. The van der Waals surface area contributed by atoms with Crippen LogP contribution in [0.1, 0.15) is 44.9 Å². The van der Waals surface area contributed by atoms with E-state index in [2.05, 4.69) is 10.4 Å². The first-order valence-electron chi connectivity index (χ1n) is 7.14. The van der Waals surface area contributed by atoms with Crippen LogP contribution in [0, 0.1) is 11.8 Å². The molecule has 0 radical (unpaired) electrons. The number of hydrogen-bond acceptors (Lipinski definition) is 2. The molecule has 0 saturated heterocycles. The maximum absolute atomic E-state index is 12.1. The van der Waals surface area contributed by atoms with Crippen molar-refractivity contribution in [2.24, 2.45) is 11.8 Å². The molecule has 98 valence electrons. The number of hydrogen-bond donors (Lipinski definition) is 1. The Balaban J connectivity index is 1.54. The Hall–Kier alpha value is -1.32. The van der Waals surface area contributed by atoms with Gasteiger partial charge in [-0.1, -0.05) is 19.3 Å². The largest absolute Gasteiger partial charge is 0.323 e. The van der Waals surface area contributed by atoms with Crippen molar-refractivity contribution in [1.29, 1.82) is 0 Å². The summed E-state index contributed by atoms with van der Waals surface area (Å²) >= 11 is 0. The van der Waals surface area contributed by atoms with Crippen LogP contribution in [0.15, 0.2) is 12.4 Å². The van der Waals surface area contributed by atoms with Crippen molar-refractivity contribution in [2.75, 3.05) is 5.32 Å². The Morgan fingerprint density at radius 3 is 2.78 bits per heavy atom. The lowest BCUT2D eigenvalue weighted by Crippen LogP contribution is -2.24. The lowest BCUT2D eigenvalue weighted by Gasteiger charge is -2.20. The molecule has 4 nitrogen and oxygen atoms in total. The smallest absolute Gasteiger partial charge is 0.227 e. The molecule has 0 aromatic carbocycles. The Morgan fingerprint density at radius 1 is 1.28 bits per heavy atom. The van der Waals surface area contributed by atoms with Crippen LogP contribution >= 0.6 is 0 Å². The fourth-order valence-electron chi connectivity index (χ4n) is 2.70. The second-order valence-corrected chi connectivity index (χ2v) is 5.72. The second kappa shape index (κ2) is 5.12. The lowest BCUT2D eigenvalue weighted by atomic mass is 9.89. The van der Waals surface area contributed by atoms with Gasteiger partial charge >= 0.3 is 0 Å². The monoisotopic (exact) mass is 247 g/mol. The van der Waals surface area contributed by atoms with Gasteiger partial charge in [-0.2, -0.15) is 5.10 Å². The zero-order valence-corrected chi connectivity index (χ0v) is 10.8. The summed E-state index contributed by atoms with van der Waals surface area (Å²) in [6, 6.07) is 0. The van der Waals surface area contributed by atoms with Crippen LogP contribution in [0.25, 0.3) is 0 Å². The van der Waals surface area contributed by atoms with Crippen LogP contribution in [0.4, 0.5) is 5.69 Å². The van der Waals surface area contributed by atoms with Crippen molar-refractivity contribution >= 4 is 11.6 Å². The van der Waals surface area contributed by atoms with Gasteiger partial charge in [0.25, 0.3) is 0 Å². The number of nitrogens with one attached hydrogen (secondary N) is 1. The van der Waals surface area contributed by atoms with E-state index in [0.29, 0.717) is 0 Å². The van der Waals surface area contributed by atoms with Crippen molar-refractivity contribution < 1.29 is 4.79 Å². The number of rotatable bonds is 4. The molecule has 2 saturated carbocycles. The van der Waals surface area contributed by atoms with Gasteiger partial charge in [0.2, 0.25) is 5.91 Å². The van der Waals surface area contributed by atoms with Crippen LogP contribution < -0.4 is 5.32 Å². The average molecular weight is 247 g/mol. The van der Waals surface area contributed by atoms with Crippen LogP contribution in [-0.4, -0.2) is 15.7 Å². The summed E-state index contributed by atoms with van der Waals surface area (Å²) in [6.45, 7) is 0.999. The molecule has 1 aromatic heterocycles. The summed E-state index contributed by atoms with van der Waals surface area (Å²) in [7, 11) is 0. The quantitative estimate of drug-likeness (QED) is 0.889. The molecule has 2 fully saturated rings. The molecule has 3 rings (SSSR count). The summed E-state index contributed by atoms with van der Waals surface area (Å²) in [4.78, 5) is 12.1. The lowest BCUT2D eigenvalue weighted by molar-refractivity contribution is -0.120. The van der Waals surface area contributed by atoms with Gasteiger partial charge in [-0.25, -0.2) is 0 Å². The molecule has 18 heavy (non-hydrogen) atoms. The molecule has 0 bridgehead atoms. The molecule has 0 unspecified atom stereocenters. The molecule has 0 aliphatic heterocycles. The van der Waals surface area contributed by atoms with Gasteiger partial charge in [0.15, 0.2) is 0 Å². The molecule has 1 heterocycles. The molecule has 2 aliphatic rings. The number of anilines is 1. The van der Waals surface area contributed by atoms with E-state index in [-0.39, 0.29) is 11.8 Å². The Morgan fingerprint density at radius 2 is 2.06 bits per heavy atom. The third-order valence-corrected chi connectivity index (χ3v) is 4.02. The van der Waals surface area contributed by atoms with Crippen molar-refractivity contribution in [3.8, 4) is 0 Å². The van der Waals surface area contributed by atoms with Gasteiger partial charge in [-0.05, 0) is 31.6 Å². The van der Waals surface area contributed by atoms with E-state index in [1.165, 1.54) is 32.1 Å². The standard InChI is InChI=1S/C14H21N3O/c18-14(12-4-2-1-3-5-12)16-13-8-15-17(10-13)9-11-6-7-11/h8,10-12H,1-7,9H2,(H,16,18). The number of amides is 1. The zero-order chi connectivity index (χ0) is 12.4. The van der Waals surface area contributed by atoms with Crippen LogP contribution in [0.2, 0.25) is 0 Å². The van der Waals surface area contributed by atoms with E-state index in [0.717, 1.165) is 31.0 Å². The van der Waals surface area contributed by atoms with Crippen molar-refractivity contribution in [3.05, 3.63) is 12.4 Å².